The van der Waals surface area contributed by atoms with E-state index in [-0.39, 0.29) is 5.91 Å². The number of carbonyl (C=O) groups is 1. The third kappa shape index (κ3) is 4.14. The highest BCUT2D eigenvalue weighted by atomic mass is 16.1. The van der Waals surface area contributed by atoms with Gasteiger partial charge in [-0.25, -0.2) is 0 Å². The van der Waals surface area contributed by atoms with Gasteiger partial charge in [0.15, 0.2) is 0 Å². The monoisotopic (exact) mass is 254 g/mol. The predicted molar refractivity (Wildman–Crippen MR) is 77.8 cm³/mol. The highest BCUT2D eigenvalue weighted by molar-refractivity contribution is 5.76. The number of amides is 1. The van der Waals surface area contributed by atoms with Crippen LogP contribution in [0.5, 0.6) is 0 Å². The maximum absolute atomic E-state index is 10.8. The van der Waals surface area contributed by atoms with Crippen molar-refractivity contribution in [3.63, 3.8) is 0 Å². The maximum atomic E-state index is 10.8. The average molecular weight is 254 g/mol. The molecule has 3 N–H and O–H groups in total. The maximum Gasteiger partial charge on any atom is 0.221 e. The molecule has 0 aliphatic heterocycles. The van der Waals surface area contributed by atoms with Crippen molar-refractivity contribution in [3.8, 4) is 0 Å². The van der Waals surface area contributed by atoms with Gasteiger partial charge in [-0.3, -0.25) is 4.79 Å². The van der Waals surface area contributed by atoms with Crippen LogP contribution < -0.4 is 11.1 Å². The van der Waals surface area contributed by atoms with Gasteiger partial charge < -0.3 is 11.1 Å². The fourth-order valence-electron chi connectivity index (χ4n) is 1.85. The van der Waals surface area contributed by atoms with Crippen molar-refractivity contribution in [2.75, 3.05) is 5.32 Å². The molecule has 0 aliphatic rings. The molecule has 0 spiro atoms. The highest BCUT2D eigenvalue weighted by Gasteiger charge is 1.99. The molecule has 0 unspecified atom stereocenters. The molecule has 3 heteroatoms. The minimum atomic E-state index is -0.300. The molecule has 0 saturated heterocycles. The molecule has 2 rings (SSSR count). The van der Waals surface area contributed by atoms with E-state index in [9.17, 15) is 4.79 Å². The Morgan fingerprint density at radius 2 is 1.58 bits per heavy atom. The molecule has 0 heterocycles. The van der Waals surface area contributed by atoms with Gasteiger partial charge in [-0.15, -0.1) is 0 Å². The number of hydrogen-bond acceptors (Lipinski definition) is 2. The van der Waals surface area contributed by atoms with Crippen LogP contribution >= 0.6 is 0 Å². The van der Waals surface area contributed by atoms with Gasteiger partial charge >= 0.3 is 0 Å². The molecular weight excluding hydrogens is 236 g/mol. The average Bonchev–Trinajstić information content (AvgIpc) is 2.39. The molecule has 98 valence electrons. The van der Waals surface area contributed by atoms with Gasteiger partial charge in [0, 0.05) is 12.2 Å². The van der Waals surface area contributed by atoms with Crippen molar-refractivity contribution in [1.82, 2.24) is 0 Å². The molecule has 0 atom stereocenters. The number of benzene rings is 2. The fourth-order valence-corrected chi connectivity index (χ4v) is 1.85. The summed E-state index contributed by atoms with van der Waals surface area (Å²) in [6.45, 7) is 2.83. The molecule has 0 saturated carbocycles. The van der Waals surface area contributed by atoms with E-state index in [2.05, 4.69) is 36.5 Å². The molecule has 2 aromatic rings. The largest absolute Gasteiger partial charge is 0.381 e. The van der Waals surface area contributed by atoms with Crippen molar-refractivity contribution < 1.29 is 4.79 Å². The molecule has 2 aromatic carbocycles. The number of hydrogen-bond donors (Lipinski definition) is 2. The first-order chi connectivity index (χ1) is 9.13. The minimum absolute atomic E-state index is 0.297. The second kappa shape index (κ2) is 6.05. The van der Waals surface area contributed by atoms with Gasteiger partial charge in [0.05, 0.1) is 6.42 Å². The normalized spacial score (nSPS) is 10.2. The lowest BCUT2D eigenvalue weighted by Gasteiger charge is -2.07. The molecule has 0 fully saturated rings. The van der Waals surface area contributed by atoms with E-state index in [1.54, 1.807) is 0 Å². The van der Waals surface area contributed by atoms with Gasteiger partial charge in [0.2, 0.25) is 5.91 Å². The molecule has 0 aliphatic carbocycles. The lowest BCUT2D eigenvalue weighted by molar-refractivity contribution is -0.117. The number of nitrogens with two attached hydrogens (primary N) is 1. The third-order valence-electron chi connectivity index (χ3n) is 2.95. The van der Waals surface area contributed by atoms with E-state index in [4.69, 9.17) is 5.73 Å². The Morgan fingerprint density at radius 3 is 2.16 bits per heavy atom. The summed E-state index contributed by atoms with van der Waals surface area (Å²) in [6.07, 6.45) is 0.297. The Morgan fingerprint density at radius 1 is 1.00 bits per heavy atom. The summed E-state index contributed by atoms with van der Waals surface area (Å²) in [6, 6.07) is 16.2. The van der Waals surface area contributed by atoms with E-state index in [1.807, 2.05) is 24.3 Å². The van der Waals surface area contributed by atoms with E-state index >= 15 is 0 Å². The van der Waals surface area contributed by atoms with Crippen LogP contribution in [0.15, 0.2) is 48.5 Å². The Bertz CT molecular complexity index is 544. The molecule has 0 bridgehead atoms. The lowest BCUT2D eigenvalue weighted by atomic mass is 10.1. The van der Waals surface area contributed by atoms with Crippen LogP contribution in [-0.4, -0.2) is 5.91 Å². The Hall–Kier alpha value is -2.29. The van der Waals surface area contributed by atoms with E-state index in [0.29, 0.717) is 6.42 Å². The number of anilines is 1. The second-order valence-corrected chi connectivity index (χ2v) is 4.68. The van der Waals surface area contributed by atoms with Crippen molar-refractivity contribution in [3.05, 3.63) is 65.2 Å². The summed E-state index contributed by atoms with van der Waals surface area (Å²) in [5, 5.41) is 3.36. The van der Waals surface area contributed by atoms with Crippen LogP contribution in [0.2, 0.25) is 0 Å². The van der Waals surface area contributed by atoms with Crippen LogP contribution in [-0.2, 0) is 17.8 Å². The topological polar surface area (TPSA) is 55.1 Å². The van der Waals surface area contributed by atoms with Crippen LogP contribution in [0, 0.1) is 6.92 Å². The highest BCUT2D eigenvalue weighted by Crippen LogP contribution is 2.11. The molecule has 3 nitrogen and oxygen atoms in total. The van der Waals surface area contributed by atoms with Crippen LogP contribution in [0.4, 0.5) is 5.69 Å². The van der Waals surface area contributed by atoms with Gasteiger partial charge in [-0.2, -0.15) is 0 Å². The van der Waals surface area contributed by atoms with Crippen molar-refractivity contribution in [1.29, 1.82) is 0 Å². The zero-order chi connectivity index (χ0) is 13.7. The zero-order valence-electron chi connectivity index (χ0n) is 11.0. The number of nitrogens with one attached hydrogen (secondary N) is 1. The SMILES string of the molecule is Cc1ccc(NCc2ccc(CC(N)=O)cc2)cc1. The van der Waals surface area contributed by atoms with Crippen molar-refractivity contribution in [2.45, 2.75) is 19.9 Å². The van der Waals surface area contributed by atoms with Crippen LogP contribution in [0.3, 0.4) is 0 Å². The summed E-state index contributed by atoms with van der Waals surface area (Å²) in [5.41, 5.74) is 9.64. The van der Waals surface area contributed by atoms with Gasteiger partial charge in [0.25, 0.3) is 0 Å². The summed E-state index contributed by atoms with van der Waals surface area (Å²) >= 11 is 0. The number of aryl methyl sites for hydroxylation is 1. The van der Waals surface area contributed by atoms with Crippen LogP contribution in [0.25, 0.3) is 0 Å². The Balaban J connectivity index is 1.92. The molecule has 0 radical (unpaired) electrons. The van der Waals surface area contributed by atoms with E-state index in [0.717, 1.165) is 17.8 Å². The lowest BCUT2D eigenvalue weighted by Crippen LogP contribution is -2.13. The standard InChI is InChI=1S/C16H18N2O/c1-12-2-8-15(9-3-12)18-11-14-6-4-13(5-7-14)10-16(17)19/h2-9,18H,10-11H2,1H3,(H2,17,19). The number of primary amides is 1. The third-order valence-corrected chi connectivity index (χ3v) is 2.95. The van der Waals surface area contributed by atoms with Crippen molar-refractivity contribution >= 4 is 11.6 Å². The Kier molecular flexibility index (Phi) is 4.18. The van der Waals surface area contributed by atoms with E-state index < -0.39 is 0 Å². The summed E-state index contributed by atoms with van der Waals surface area (Å²) in [7, 11) is 0. The number of rotatable bonds is 5. The molecular formula is C16H18N2O. The van der Waals surface area contributed by atoms with Crippen molar-refractivity contribution in [2.24, 2.45) is 5.73 Å². The smallest absolute Gasteiger partial charge is 0.221 e. The summed E-state index contributed by atoms with van der Waals surface area (Å²) in [5.74, 6) is -0.300. The van der Waals surface area contributed by atoms with Gasteiger partial charge in [-0.1, -0.05) is 42.0 Å². The fraction of sp³-hybridized carbons (Fsp3) is 0.188. The first kappa shape index (κ1) is 13.1. The second-order valence-electron chi connectivity index (χ2n) is 4.68. The zero-order valence-corrected chi connectivity index (χ0v) is 11.0. The first-order valence-corrected chi connectivity index (χ1v) is 6.30. The summed E-state index contributed by atoms with van der Waals surface area (Å²) in [4.78, 5) is 10.8. The predicted octanol–water partition coefficient (Wildman–Crippen LogP) is 2.63. The first-order valence-electron chi connectivity index (χ1n) is 6.30. The summed E-state index contributed by atoms with van der Waals surface area (Å²) < 4.78 is 0. The van der Waals surface area contributed by atoms with E-state index in [1.165, 1.54) is 11.1 Å². The Labute approximate surface area is 113 Å². The molecule has 0 aromatic heterocycles. The molecule has 19 heavy (non-hydrogen) atoms. The molecule has 1 amide bonds. The van der Waals surface area contributed by atoms with Gasteiger partial charge in [0.1, 0.15) is 0 Å². The minimum Gasteiger partial charge on any atom is -0.381 e. The quantitative estimate of drug-likeness (QED) is 0.861. The number of carbonyl (C=O) groups excluding carboxylic acids is 1. The van der Waals surface area contributed by atoms with Gasteiger partial charge in [-0.05, 0) is 30.2 Å². The van der Waals surface area contributed by atoms with Crippen LogP contribution in [0.1, 0.15) is 16.7 Å².